The first-order chi connectivity index (χ1) is 6.07. The lowest BCUT2D eigenvalue weighted by atomic mass is 10.3. The Morgan fingerprint density at radius 3 is 2.69 bits per heavy atom. The van der Waals surface area contributed by atoms with Crippen LogP contribution in [0.5, 0.6) is 0 Å². The van der Waals surface area contributed by atoms with Gasteiger partial charge in [0.15, 0.2) is 8.77 Å². The number of para-hydroxylation sites is 1. The molecule has 0 aliphatic rings. The lowest BCUT2D eigenvalue weighted by Crippen LogP contribution is -1.95. The van der Waals surface area contributed by atoms with E-state index in [0.29, 0.717) is 0 Å². The first-order valence-electron chi connectivity index (χ1n) is 3.62. The van der Waals surface area contributed by atoms with Crippen LogP contribution in [0.4, 0.5) is 0 Å². The van der Waals surface area contributed by atoms with Gasteiger partial charge in [-0.15, -0.1) is 0 Å². The highest BCUT2D eigenvalue weighted by atomic mass is 32.8. The van der Waals surface area contributed by atoms with Gasteiger partial charge in [-0.05, 0) is 12.1 Å². The molecule has 0 aliphatic heterocycles. The van der Waals surface area contributed by atoms with Gasteiger partial charge in [0.05, 0.1) is 0 Å². The van der Waals surface area contributed by atoms with Crippen molar-refractivity contribution in [1.29, 1.82) is 0 Å². The third kappa shape index (κ3) is 1.58. The number of nitrogens with one attached hydrogen (secondary N) is 1. The maximum atomic E-state index is 11.1. The van der Waals surface area contributed by atoms with Crippen molar-refractivity contribution in [2.24, 2.45) is 0 Å². The van der Waals surface area contributed by atoms with Gasteiger partial charge in [0.2, 0.25) is 0 Å². The van der Waals surface area contributed by atoms with E-state index in [1.807, 2.05) is 24.3 Å². The second-order valence-corrected chi connectivity index (χ2v) is 5.44. The van der Waals surface area contributed by atoms with Gasteiger partial charge in [0.25, 0.3) is 0 Å². The van der Waals surface area contributed by atoms with Gasteiger partial charge < -0.3 is 9.54 Å². The minimum atomic E-state index is -3.29. The van der Waals surface area contributed by atoms with Crippen molar-refractivity contribution in [1.82, 2.24) is 4.98 Å². The summed E-state index contributed by atoms with van der Waals surface area (Å²) in [5.74, 6) is 0. The molecule has 1 atom stereocenters. The summed E-state index contributed by atoms with van der Waals surface area (Å²) in [6.07, 6.45) is 0. The molecule has 0 amide bonds. The number of hydrogen-bond acceptors (Lipinski definition) is 2. The van der Waals surface area contributed by atoms with Gasteiger partial charge in [0.1, 0.15) is 5.03 Å². The van der Waals surface area contributed by atoms with E-state index in [-0.39, 0.29) is 5.03 Å². The molecule has 1 aromatic carbocycles. The van der Waals surface area contributed by atoms with Crippen molar-refractivity contribution in [2.45, 2.75) is 5.03 Å². The maximum Gasteiger partial charge on any atom is 0.186 e. The second-order valence-electron chi connectivity index (χ2n) is 2.70. The second kappa shape index (κ2) is 2.80. The van der Waals surface area contributed by atoms with Crippen molar-refractivity contribution in [3.8, 4) is 0 Å². The zero-order valence-corrected chi connectivity index (χ0v) is 8.19. The van der Waals surface area contributed by atoms with E-state index in [1.165, 1.54) is 0 Å². The van der Waals surface area contributed by atoms with Crippen molar-refractivity contribution in [3.05, 3.63) is 30.3 Å². The SMILES string of the molecule is O=S(O)(=S)c1cc2ccccc2[nH]1. The number of fused-ring (bicyclic) bond motifs is 1. The number of hydrogen-bond donors (Lipinski definition) is 2. The summed E-state index contributed by atoms with van der Waals surface area (Å²) in [6.45, 7) is 0. The zero-order chi connectivity index (χ0) is 9.47. The molecule has 0 fully saturated rings. The Labute approximate surface area is 80.3 Å². The number of aromatic amines is 1. The van der Waals surface area contributed by atoms with Crippen LogP contribution in [-0.4, -0.2) is 13.7 Å². The highest BCUT2D eigenvalue weighted by Gasteiger charge is 2.08. The highest BCUT2D eigenvalue weighted by molar-refractivity contribution is 8.29. The predicted molar refractivity (Wildman–Crippen MR) is 54.7 cm³/mol. The molecule has 0 radical (unpaired) electrons. The van der Waals surface area contributed by atoms with E-state index in [2.05, 4.69) is 16.2 Å². The Morgan fingerprint density at radius 2 is 2.08 bits per heavy atom. The van der Waals surface area contributed by atoms with E-state index in [4.69, 9.17) is 4.55 Å². The third-order valence-electron chi connectivity index (χ3n) is 1.78. The molecular weight excluding hydrogens is 206 g/mol. The summed E-state index contributed by atoms with van der Waals surface area (Å²) in [4.78, 5) is 2.81. The van der Waals surface area contributed by atoms with Crippen LogP contribution in [0.15, 0.2) is 35.4 Å². The molecule has 2 rings (SSSR count). The molecule has 68 valence electrons. The first-order valence-corrected chi connectivity index (χ1v) is 6.06. The van der Waals surface area contributed by atoms with Crippen molar-refractivity contribution in [2.75, 3.05) is 0 Å². The summed E-state index contributed by atoms with van der Waals surface area (Å²) in [5.41, 5.74) is 0.823. The average Bonchev–Trinajstić information content (AvgIpc) is 2.45. The molecular formula is C8H7NO2S2. The number of H-pyrrole nitrogens is 1. The van der Waals surface area contributed by atoms with E-state index < -0.39 is 8.77 Å². The largest absolute Gasteiger partial charge is 0.346 e. The Morgan fingerprint density at radius 1 is 1.38 bits per heavy atom. The van der Waals surface area contributed by atoms with Gasteiger partial charge in [-0.1, -0.05) is 18.2 Å². The van der Waals surface area contributed by atoms with Gasteiger partial charge in [-0.25, -0.2) is 4.21 Å². The smallest absolute Gasteiger partial charge is 0.186 e. The molecule has 0 spiro atoms. The highest BCUT2D eigenvalue weighted by Crippen LogP contribution is 2.17. The maximum absolute atomic E-state index is 11.1. The molecule has 1 unspecified atom stereocenters. The Kier molecular flexibility index (Phi) is 1.87. The van der Waals surface area contributed by atoms with Crippen LogP contribution in [0.2, 0.25) is 0 Å². The molecule has 1 heterocycles. The Bertz CT molecular complexity index is 509. The molecule has 5 heteroatoms. The Hall–Kier alpha value is -0.910. The van der Waals surface area contributed by atoms with Crippen LogP contribution in [0, 0.1) is 0 Å². The van der Waals surface area contributed by atoms with Crippen LogP contribution in [0.3, 0.4) is 0 Å². The first kappa shape index (κ1) is 8.68. The minimum absolute atomic E-state index is 0.198. The average molecular weight is 213 g/mol. The van der Waals surface area contributed by atoms with Crippen molar-refractivity contribution >= 4 is 30.9 Å². The topological polar surface area (TPSA) is 53.1 Å². The molecule has 0 saturated carbocycles. The van der Waals surface area contributed by atoms with E-state index >= 15 is 0 Å². The van der Waals surface area contributed by atoms with Crippen LogP contribution in [0.25, 0.3) is 10.9 Å². The quantitative estimate of drug-likeness (QED) is 0.758. The number of aromatic nitrogens is 1. The molecule has 0 saturated heterocycles. The van der Waals surface area contributed by atoms with Gasteiger partial charge in [-0.3, -0.25) is 0 Å². The van der Waals surface area contributed by atoms with Gasteiger partial charge >= 0.3 is 0 Å². The summed E-state index contributed by atoms with van der Waals surface area (Å²) in [7, 11) is -3.29. The summed E-state index contributed by atoms with van der Waals surface area (Å²) in [6, 6.07) is 9.01. The molecule has 2 N–H and O–H groups in total. The third-order valence-corrected chi connectivity index (χ3v) is 3.10. The molecule has 3 nitrogen and oxygen atoms in total. The number of benzene rings is 1. The number of rotatable bonds is 1. The fourth-order valence-electron chi connectivity index (χ4n) is 1.19. The summed E-state index contributed by atoms with van der Waals surface area (Å²) >= 11 is 4.44. The fourth-order valence-corrected chi connectivity index (χ4v) is 1.97. The normalized spacial score (nSPS) is 15.8. The monoisotopic (exact) mass is 213 g/mol. The minimum Gasteiger partial charge on any atom is -0.346 e. The van der Waals surface area contributed by atoms with Crippen molar-refractivity contribution in [3.63, 3.8) is 0 Å². The lowest BCUT2D eigenvalue weighted by molar-refractivity contribution is 0.559. The lowest BCUT2D eigenvalue weighted by Gasteiger charge is -1.91. The Balaban J connectivity index is 2.77. The molecule has 0 aliphatic carbocycles. The van der Waals surface area contributed by atoms with Crippen molar-refractivity contribution < 1.29 is 8.76 Å². The van der Waals surface area contributed by atoms with Crippen LogP contribution >= 0.6 is 0 Å². The predicted octanol–water partition coefficient (Wildman–Crippen LogP) is 1.75. The van der Waals surface area contributed by atoms with E-state index in [9.17, 15) is 4.21 Å². The van der Waals surface area contributed by atoms with Gasteiger partial charge in [0, 0.05) is 22.1 Å². The summed E-state index contributed by atoms with van der Waals surface area (Å²) in [5, 5.41) is 1.09. The molecule has 0 bridgehead atoms. The molecule has 13 heavy (non-hydrogen) atoms. The zero-order valence-electron chi connectivity index (χ0n) is 6.56. The summed E-state index contributed by atoms with van der Waals surface area (Å²) < 4.78 is 20.2. The van der Waals surface area contributed by atoms with E-state index in [1.54, 1.807) is 6.07 Å². The van der Waals surface area contributed by atoms with E-state index in [0.717, 1.165) is 10.9 Å². The molecule has 2 aromatic rings. The standard InChI is InChI=1S/C8H7NO2S2/c10-13(11,12)8-5-6-3-1-2-4-7(6)9-8/h1-5,9H,(H,10,11,12). The van der Waals surface area contributed by atoms with Crippen LogP contribution in [-0.2, 0) is 20.0 Å². The fraction of sp³-hybridized carbons (Fsp3) is 0. The van der Waals surface area contributed by atoms with Crippen LogP contribution < -0.4 is 0 Å². The van der Waals surface area contributed by atoms with Crippen LogP contribution in [0.1, 0.15) is 0 Å². The van der Waals surface area contributed by atoms with Gasteiger partial charge in [-0.2, -0.15) is 0 Å². The molecule has 1 aromatic heterocycles.